The third-order valence-corrected chi connectivity index (χ3v) is 6.40. The first-order valence-corrected chi connectivity index (χ1v) is 11.0. The third kappa shape index (κ3) is 4.89. The van der Waals surface area contributed by atoms with Crippen LogP contribution in [0.2, 0.25) is 0 Å². The van der Waals surface area contributed by atoms with Crippen molar-refractivity contribution in [2.24, 2.45) is 16.8 Å². The number of nitrogens with one attached hydrogen (secondary N) is 3. The summed E-state index contributed by atoms with van der Waals surface area (Å²) in [7, 11) is 0. The fourth-order valence-corrected chi connectivity index (χ4v) is 4.51. The van der Waals surface area contributed by atoms with Gasteiger partial charge in [-0.3, -0.25) is 25.3 Å². The van der Waals surface area contributed by atoms with Crippen molar-refractivity contribution in [1.82, 2.24) is 20.5 Å². The number of aryl methyl sites for hydroxylation is 1. The standard InChI is InChI=1S/C20H31FN8O3/c1-12-6-23-9-15(17(12)29-4-2-28(3-5-29)14-10-32-11-14)26-20(30)16(18(22)27-31)19-24-7-13(21)8-25-19/h6,9,13-14,16,18-19,24-25H,2-5,7-8,10-11,22H2,1H3,(H,26,30). The Bertz CT molecular complexity index is 810. The number of piperazine rings is 1. The Morgan fingerprint density at radius 1 is 1.28 bits per heavy atom. The fraction of sp³-hybridized carbons (Fsp3) is 0.700. The SMILES string of the molecule is Cc1cncc(NC(=O)C(C(N)N=O)C2NCC(F)CN2)c1N1CCN(C2COC2)CC1. The average Bonchev–Trinajstić information content (AvgIpc) is 2.75. The van der Waals surface area contributed by atoms with Crippen LogP contribution in [0.3, 0.4) is 0 Å². The average molecular weight is 451 g/mol. The van der Waals surface area contributed by atoms with E-state index in [1.807, 2.05) is 6.92 Å². The summed E-state index contributed by atoms with van der Waals surface area (Å²) in [6.45, 7) is 7.10. The number of ether oxygens (including phenoxy) is 1. The van der Waals surface area contributed by atoms with Gasteiger partial charge >= 0.3 is 0 Å². The Labute approximate surface area is 186 Å². The zero-order valence-electron chi connectivity index (χ0n) is 18.2. The second kappa shape index (κ2) is 10.1. The maximum atomic E-state index is 13.5. The van der Waals surface area contributed by atoms with Gasteiger partial charge in [0.25, 0.3) is 0 Å². The Balaban J connectivity index is 1.48. The van der Waals surface area contributed by atoms with E-state index in [0.717, 1.165) is 50.6 Å². The highest BCUT2D eigenvalue weighted by molar-refractivity contribution is 5.97. The molecule has 3 aliphatic rings. The van der Waals surface area contributed by atoms with Crippen LogP contribution in [0.5, 0.6) is 0 Å². The smallest absolute Gasteiger partial charge is 0.234 e. The molecule has 2 unspecified atom stereocenters. The summed E-state index contributed by atoms with van der Waals surface area (Å²) in [5.74, 6) is -1.48. The van der Waals surface area contributed by atoms with E-state index < -0.39 is 30.3 Å². The first-order chi connectivity index (χ1) is 15.5. The summed E-state index contributed by atoms with van der Waals surface area (Å²) in [6.07, 6.45) is 0.338. The molecule has 0 radical (unpaired) electrons. The second-order valence-corrected chi connectivity index (χ2v) is 8.57. The zero-order chi connectivity index (χ0) is 22.7. The number of hydrogen-bond donors (Lipinski definition) is 4. The molecule has 0 aromatic carbocycles. The lowest BCUT2D eigenvalue weighted by atomic mass is 9.99. The number of rotatable bonds is 7. The highest BCUT2D eigenvalue weighted by Crippen LogP contribution is 2.31. The fourth-order valence-electron chi connectivity index (χ4n) is 4.51. The van der Waals surface area contributed by atoms with Crippen LogP contribution in [0.25, 0.3) is 0 Å². The molecule has 32 heavy (non-hydrogen) atoms. The van der Waals surface area contributed by atoms with Gasteiger partial charge in [0.15, 0.2) is 6.17 Å². The van der Waals surface area contributed by atoms with Crippen LogP contribution in [0, 0.1) is 17.7 Å². The number of anilines is 2. The molecular weight excluding hydrogens is 419 g/mol. The van der Waals surface area contributed by atoms with Gasteiger partial charge in [-0.2, -0.15) is 0 Å². The highest BCUT2D eigenvalue weighted by Gasteiger charge is 2.38. The van der Waals surface area contributed by atoms with Gasteiger partial charge < -0.3 is 20.7 Å². The molecule has 0 bridgehead atoms. The van der Waals surface area contributed by atoms with Crippen molar-refractivity contribution >= 4 is 17.3 Å². The Kier molecular flexibility index (Phi) is 7.26. The van der Waals surface area contributed by atoms with E-state index in [0.29, 0.717) is 11.7 Å². The van der Waals surface area contributed by atoms with E-state index in [2.05, 4.69) is 35.9 Å². The molecule has 0 spiro atoms. The van der Waals surface area contributed by atoms with E-state index in [-0.39, 0.29) is 13.1 Å². The van der Waals surface area contributed by atoms with Gasteiger partial charge in [0.2, 0.25) is 5.91 Å². The number of alkyl halides is 1. The van der Waals surface area contributed by atoms with Gasteiger partial charge in [0.1, 0.15) is 12.1 Å². The van der Waals surface area contributed by atoms with Gasteiger partial charge in [0, 0.05) is 45.5 Å². The highest BCUT2D eigenvalue weighted by atomic mass is 19.1. The van der Waals surface area contributed by atoms with Crippen LogP contribution in [-0.4, -0.2) is 92.8 Å². The molecule has 11 nitrogen and oxygen atoms in total. The maximum Gasteiger partial charge on any atom is 0.234 e. The molecule has 0 aliphatic carbocycles. The van der Waals surface area contributed by atoms with E-state index in [9.17, 15) is 14.1 Å². The number of nitroso groups, excluding NO2 is 1. The Morgan fingerprint density at radius 2 is 1.97 bits per heavy atom. The van der Waals surface area contributed by atoms with Gasteiger partial charge in [-0.1, -0.05) is 5.18 Å². The minimum absolute atomic E-state index is 0.0700. The van der Waals surface area contributed by atoms with Crippen LogP contribution in [0.15, 0.2) is 17.6 Å². The summed E-state index contributed by atoms with van der Waals surface area (Å²) in [5.41, 5.74) is 8.25. The van der Waals surface area contributed by atoms with Crippen molar-refractivity contribution in [3.8, 4) is 0 Å². The predicted octanol–water partition coefficient (Wildman–Crippen LogP) is -0.626. The second-order valence-electron chi connectivity index (χ2n) is 8.57. The molecule has 1 aromatic heterocycles. The number of carbonyl (C=O) groups is 1. The van der Waals surface area contributed by atoms with Crippen LogP contribution in [0.4, 0.5) is 15.8 Å². The summed E-state index contributed by atoms with van der Waals surface area (Å²) in [6, 6.07) is 0.493. The van der Waals surface area contributed by atoms with E-state index in [1.165, 1.54) is 0 Å². The normalized spacial score (nSPS) is 26.8. The molecule has 12 heteroatoms. The van der Waals surface area contributed by atoms with Gasteiger partial charge in [-0.05, 0) is 12.5 Å². The number of aromatic nitrogens is 1. The number of nitrogens with zero attached hydrogens (tertiary/aromatic N) is 4. The van der Waals surface area contributed by atoms with Crippen molar-refractivity contribution in [2.75, 3.05) is 62.7 Å². The molecule has 1 amide bonds. The van der Waals surface area contributed by atoms with Crippen molar-refractivity contribution in [3.05, 3.63) is 22.9 Å². The molecule has 4 rings (SSSR count). The first-order valence-electron chi connectivity index (χ1n) is 11.0. The largest absolute Gasteiger partial charge is 0.378 e. The van der Waals surface area contributed by atoms with Gasteiger partial charge in [-0.15, -0.1) is 4.91 Å². The van der Waals surface area contributed by atoms with E-state index >= 15 is 0 Å². The number of amides is 1. The number of carbonyl (C=O) groups excluding carboxylic acids is 1. The minimum atomic E-state index is -1.29. The number of hydrogen-bond acceptors (Lipinski definition) is 10. The van der Waals surface area contributed by atoms with Crippen molar-refractivity contribution in [1.29, 1.82) is 0 Å². The Morgan fingerprint density at radius 3 is 2.56 bits per heavy atom. The van der Waals surface area contributed by atoms with Crippen LogP contribution in [0.1, 0.15) is 5.56 Å². The molecule has 1 aromatic rings. The number of pyridine rings is 1. The van der Waals surface area contributed by atoms with E-state index in [4.69, 9.17) is 10.5 Å². The Hall–Kier alpha value is -2.25. The number of nitrogens with two attached hydrogens (primary N) is 1. The van der Waals surface area contributed by atoms with Crippen LogP contribution < -0.4 is 26.6 Å². The van der Waals surface area contributed by atoms with Crippen molar-refractivity contribution < 1.29 is 13.9 Å². The predicted molar refractivity (Wildman–Crippen MR) is 118 cm³/mol. The van der Waals surface area contributed by atoms with Crippen LogP contribution in [-0.2, 0) is 9.53 Å². The minimum Gasteiger partial charge on any atom is -0.378 e. The quantitative estimate of drug-likeness (QED) is 0.400. The first kappa shape index (κ1) is 22.9. The molecule has 3 saturated heterocycles. The molecule has 5 N–H and O–H groups in total. The molecule has 3 fully saturated rings. The maximum absolute atomic E-state index is 13.5. The summed E-state index contributed by atoms with van der Waals surface area (Å²) >= 11 is 0. The molecule has 176 valence electrons. The van der Waals surface area contributed by atoms with Crippen molar-refractivity contribution in [3.63, 3.8) is 0 Å². The van der Waals surface area contributed by atoms with Crippen molar-refractivity contribution in [2.45, 2.75) is 31.5 Å². The summed E-state index contributed by atoms with van der Waals surface area (Å²) < 4.78 is 18.8. The molecule has 0 saturated carbocycles. The summed E-state index contributed by atoms with van der Waals surface area (Å²) in [4.78, 5) is 33.3. The zero-order valence-corrected chi connectivity index (χ0v) is 18.2. The van der Waals surface area contributed by atoms with Gasteiger partial charge in [-0.25, -0.2) is 4.39 Å². The lowest BCUT2D eigenvalue weighted by Gasteiger charge is -2.43. The lowest BCUT2D eigenvalue weighted by Crippen LogP contribution is -2.62. The molecule has 3 aliphatic heterocycles. The molecule has 4 heterocycles. The topological polar surface area (TPSA) is 137 Å². The molecular formula is C20H31FN8O3. The van der Waals surface area contributed by atoms with E-state index in [1.54, 1.807) is 12.4 Å². The molecule has 2 atom stereocenters. The number of halogens is 1. The monoisotopic (exact) mass is 450 g/mol. The van der Waals surface area contributed by atoms with Gasteiger partial charge in [0.05, 0.1) is 43.0 Å². The third-order valence-electron chi connectivity index (χ3n) is 6.40. The summed E-state index contributed by atoms with van der Waals surface area (Å²) in [5, 5.41) is 11.6. The lowest BCUT2D eigenvalue weighted by molar-refractivity contribution is -0.122. The van der Waals surface area contributed by atoms with Crippen LogP contribution >= 0.6 is 0 Å².